The summed E-state index contributed by atoms with van der Waals surface area (Å²) in [6, 6.07) is 9.48. The van der Waals surface area contributed by atoms with Crippen LogP contribution in [0.4, 0.5) is 5.69 Å². The second kappa shape index (κ2) is 9.22. The summed E-state index contributed by atoms with van der Waals surface area (Å²) in [6.07, 6.45) is 6.27. The second-order valence-corrected chi connectivity index (χ2v) is 8.63. The number of rotatable bonds is 6. The SMILES string of the molecule is CCN1CCN([C@@H](c2ccc(N(C)C)cc2)c2nnnn2C2CCCCC2)CC1. The highest BCUT2D eigenvalue weighted by Crippen LogP contribution is 2.34. The van der Waals surface area contributed by atoms with Crippen LogP contribution in [-0.2, 0) is 0 Å². The highest BCUT2D eigenvalue weighted by atomic mass is 15.6. The topological polar surface area (TPSA) is 53.3 Å². The highest BCUT2D eigenvalue weighted by Gasteiger charge is 2.32. The van der Waals surface area contributed by atoms with E-state index in [1.807, 2.05) is 0 Å². The van der Waals surface area contributed by atoms with Crippen LogP contribution in [0.25, 0.3) is 0 Å². The highest BCUT2D eigenvalue weighted by molar-refractivity contribution is 5.47. The van der Waals surface area contributed by atoms with Crippen molar-refractivity contribution in [2.45, 2.75) is 51.1 Å². The van der Waals surface area contributed by atoms with E-state index in [1.54, 1.807) is 0 Å². The quantitative estimate of drug-likeness (QED) is 0.747. The molecule has 29 heavy (non-hydrogen) atoms. The summed E-state index contributed by atoms with van der Waals surface area (Å²) in [4.78, 5) is 7.24. The molecule has 7 nitrogen and oxygen atoms in total. The number of aromatic nitrogens is 4. The lowest BCUT2D eigenvalue weighted by Crippen LogP contribution is -2.48. The van der Waals surface area contributed by atoms with Gasteiger partial charge < -0.3 is 9.80 Å². The zero-order valence-electron chi connectivity index (χ0n) is 18.2. The maximum Gasteiger partial charge on any atom is 0.173 e. The van der Waals surface area contributed by atoms with Crippen molar-refractivity contribution in [3.63, 3.8) is 0 Å². The molecule has 2 aliphatic rings. The third kappa shape index (κ3) is 4.46. The van der Waals surface area contributed by atoms with Gasteiger partial charge in [-0.2, -0.15) is 0 Å². The Balaban J connectivity index is 1.66. The maximum atomic E-state index is 4.58. The van der Waals surface area contributed by atoms with Crippen LogP contribution in [0.15, 0.2) is 24.3 Å². The first-order valence-electron chi connectivity index (χ1n) is 11.2. The van der Waals surface area contributed by atoms with Crippen molar-refractivity contribution in [3.05, 3.63) is 35.7 Å². The fourth-order valence-electron chi connectivity index (χ4n) is 4.78. The number of anilines is 1. The molecule has 1 aromatic carbocycles. The Kier molecular flexibility index (Phi) is 6.45. The first-order chi connectivity index (χ1) is 14.2. The average molecular weight is 398 g/mol. The normalized spacial score (nSPS) is 20.7. The van der Waals surface area contributed by atoms with Crippen LogP contribution in [0.5, 0.6) is 0 Å². The largest absolute Gasteiger partial charge is 0.378 e. The van der Waals surface area contributed by atoms with E-state index in [0.717, 1.165) is 38.5 Å². The molecule has 2 heterocycles. The number of piperazine rings is 1. The molecule has 1 aliphatic carbocycles. The van der Waals surface area contributed by atoms with Crippen molar-refractivity contribution >= 4 is 5.69 Å². The molecule has 1 aromatic heterocycles. The van der Waals surface area contributed by atoms with Gasteiger partial charge in [0, 0.05) is 46.0 Å². The van der Waals surface area contributed by atoms with Crippen LogP contribution in [-0.4, -0.2) is 76.8 Å². The Hall–Kier alpha value is -1.99. The van der Waals surface area contributed by atoms with Gasteiger partial charge in [-0.15, -0.1) is 5.10 Å². The zero-order valence-corrected chi connectivity index (χ0v) is 18.2. The first kappa shape index (κ1) is 20.3. The fourth-order valence-corrected chi connectivity index (χ4v) is 4.78. The van der Waals surface area contributed by atoms with Crippen molar-refractivity contribution in [1.29, 1.82) is 0 Å². The van der Waals surface area contributed by atoms with Gasteiger partial charge in [0.15, 0.2) is 5.82 Å². The summed E-state index contributed by atoms with van der Waals surface area (Å²) in [6.45, 7) is 7.67. The predicted octanol–water partition coefficient (Wildman–Crippen LogP) is 2.97. The van der Waals surface area contributed by atoms with E-state index in [-0.39, 0.29) is 6.04 Å². The summed E-state index contributed by atoms with van der Waals surface area (Å²) in [5, 5.41) is 13.2. The van der Waals surface area contributed by atoms with E-state index in [4.69, 9.17) is 0 Å². The Morgan fingerprint density at radius 3 is 2.31 bits per heavy atom. The molecule has 0 unspecified atom stereocenters. The van der Waals surface area contributed by atoms with Crippen LogP contribution < -0.4 is 4.90 Å². The van der Waals surface area contributed by atoms with E-state index in [2.05, 4.69) is 80.2 Å². The lowest BCUT2D eigenvalue weighted by atomic mass is 9.95. The van der Waals surface area contributed by atoms with Gasteiger partial charge in [0.25, 0.3) is 0 Å². The van der Waals surface area contributed by atoms with Gasteiger partial charge in [0.1, 0.15) is 0 Å². The Morgan fingerprint density at radius 1 is 1.00 bits per heavy atom. The van der Waals surface area contributed by atoms with Gasteiger partial charge in [-0.25, -0.2) is 4.68 Å². The molecule has 2 aromatic rings. The number of nitrogens with zero attached hydrogens (tertiary/aromatic N) is 7. The molecule has 1 saturated carbocycles. The zero-order chi connectivity index (χ0) is 20.2. The van der Waals surface area contributed by atoms with E-state index < -0.39 is 0 Å². The van der Waals surface area contributed by atoms with Gasteiger partial charge in [0.05, 0.1) is 12.1 Å². The van der Waals surface area contributed by atoms with Gasteiger partial charge in [0.2, 0.25) is 0 Å². The van der Waals surface area contributed by atoms with Crippen molar-refractivity contribution < 1.29 is 0 Å². The number of tetrazole rings is 1. The minimum Gasteiger partial charge on any atom is -0.378 e. The third-order valence-corrected chi connectivity index (χ3v) is 6.63. The lowest BCUT2D eigenvalue weighted by molar-refractivity contribution is 0.107. The average Bonchev–Trinajstić information content (AvgIpc) is 3.25. The van der Waals surface area contributed by atoms with E-state index in [0.29, 0.717) is 6.04 Å². The molecular weight excluding hydrogens is 362 g/mol. The molecule has 7 heteroatoms. The Bertz CT molecular complexity index is 756. The fraction of sp³-hybridized carbons (Fsp3) is 0.682. The van der Waals surface area contributed by atoms with Gasteiger partial charge in [-0.3, -0.25) is 4.90 Å². The van der Waals surface area contributed by atoms with Crippen LogP contribution >= 0.6 is 0 Å². The second-order valence-electron chi connectivity index (χ2n) is 8.63. The summed E-state index contributed by atoms with van der Waals surface area (Å²) in [7, 11) is 4.17. The predicted molar refractivity (Wildman–Crippen MR) is 116 cm³/mol. The monoisotopic (exact) mass is 397 g/mol. The number of hydrogen-bond donors (Lipinski definition) is 0. The summed E-state index contributed by atoms with van der Waals surface area (Å²) in [5.41, 5.74) is 2.50. The van der Waals surface area contributed by atoms with Crippen molar-refractivity contribution in [1.82, 2.24) is 30.0 Å². The van der Waals surface area contributed by atoms with Crippen LogP contribution in [0, 0.1) is 0 Å². The third-order valence-electron chi connectivity index (χ3n) is 6.63. The minimum atomic E-state index is 0.113. The van der Waals surface area contributed by atoms with Gasteiger partial charge in [-0.05, 0) is 47.5 Å². The molecule has 1 saturated heterocycles. The summed E-state index contributed by atoms with van der Waals surface area (Å²) < 4.78 is 2.15. The van der Waals surface area contributed by atoms with Gasteiger partial charge in [-0.1, -0.05) is 38.3 Å². The maximum absolute atomic E-state index is 4.58. The molecule has 1 atom stereocenters. The molecule has 0 amide bonds. The van der Waals surface area contributed by atoms with Gasteiger partial charge >= 0.3 is 0 Å². The van der Waals surface area contributed by atoms with Crippen molar-refractivity contribution in [2.75, 3.05) is 51.7 Å². The molecule has 4 rings (SSSR count). The number of hydrogen-bond acceptors (Lipinski definition) is 6. The Morgan fingerprint density at radius 2 is 1.69 bits per heavy atom. The molecule has 0 spiro atoms. The minimum absolute atomic E-state index is 0.113. The van der Waals surface area contributed by atoms with Crippen LogP contribution in [0.2, 0.25) is 0 Å². The van der Waals surface area contributed by atoms with E-state index in [1.165, 1.54) is 43.4 Å². The molecule has 0 radical (unpaired) electrons. The molecule has 0 N–H and O–H groups in total. The lowest BCUT2D eigenvalue weighted by Gasteiger charge is -2.39. The Labute approximate surface area is 174 Å². The van der Waals surface area contributed by atoms with Crippen LogP contribution in [0.3, 0.4) is 0 Å². The number of benzene rings is 1. The molecular formula is C22H35N7. The smallest absolute Gasteiger partial charge is 0.173 e. The summed E-state index contributed by atoms with van der Waals surface area (Å²) in [5.74, 6) is 1.01. The molecule has 0 bridgehead atoms. The van der Waals surface area contributed by atoms with Crippen LogP contribution in [0.1, 0.15) is 62.5 Å². The number of likely N-dealkylation sites (N-methyl/N-ethyl adjacent to an activating group) is 1. The van der Waals surface area contributed by atoms with Crippen molar-refractivity contribution in [3.8, 4) is 0 Å². The first-order valence-corrected chi connectivity index (χ1v) is 11.2. The summed E-state index contributed by atoms with van der Waals surface area (Å²) >= 11 is 0. The molecule has 1 aliphatic heterocycles. The molecule has 158 valence electrons. The van der Waals surface area contributed by atoms with E-state index in [9.17, 15) is 0 Å². The van der Waals surface area contributed by atoms with Crippen molar-refractivity contribution in [2.24, 2.45) is 0 Å². The molecule has 2 fully saturated rings. The van der Waals surface area contributed by atoms with E-state index >= 15 is 0 Å². The standard InChI is InChI=1S/C22H35N7/c1-4-27-14-16-28(17-15-27)21(18-10-12-19(13-11-18)26(2)3)22-23-24-25-29(22)20-8-6-5-7-9-20/h10-13,20-21H,4-9,14-17H2,1-3H3/t21-/m0/s1.